The van der Waals surface area contributed by atoms with E-state index in [1.807, 2.05) is 0 Å². The Balaban J connectivity index is 1.28. The van der Waals surface area contributed by atoms with Gasteiger partial charge in [0.15, 0.2) is 0 Å². The topological polar surface area (TPSA) is 9.23 Å². The molecule has 178 valence electrons. The largest absolute Gasteiger partial charge is 0.381 e. The summed E-state index contributed by atoms with van der Waals surface area (Å²) in [6, 6.07) is 0. The molecule has 9 atom stereocenters. The number of rotatable bonds is 4. The highest BCUT2D eigenvalue weighted by molar-refractivity contribution is 5.10. The molecule has 4 saturated carbocycles. The normalized spacial score (nSPS) is 52.3. The molecule has 5 aliphatic rings. The first kappa shape index (κ1) is 22.7. The van der Waals surface area contributed by atoms with Gasteiger partial charge in [-0.25, -0.2) is 0 Å². The molecule has 0 bridgehead atoms. The Morgan fingerprint density at radius 2 is 1.58 bits per heavy atom. The van der Waals surface area contributed by atoms with Crippen molar-refractivity contribution >= 4 is 0 Å². The fourth-order valence-electron chi connectivity index (χ4n) is 10.3. The molecule has 0 spiro atoms. The molecule has 0 aromatic rings. The highest BCUT2D eigenvalue weighted by atomic mass is 16.5. The Labute approximate surface area is 193 Å². The van der Waals surface area contributed by atoms with Crippen LogP contribution in [0.2, 0.25) is 0 Å². The van der Waals surface area contributed by atoms with Crippen LogP contribution in [0.4, 0.5) is 0 Å². The molecule has 5 rings (SSSR count). The molecule has 0 N–H and O–H groups in total. The van der Waals surface area contributed by atoms with Gasteiger partial charge in [-0.15, -0.1) is 0 Å². The van der Waals surface area contributed by atoms with E-state index in [0.717, 1.165) is 48.7 Å². The Hall–Kier alpha value is -0.0400. The zero-order valence-electron chi connectivity index (χ0n) is 21.8. The maximum atomic E-state index is 5.75. The molecule has 1 heteroatoms. The zero-order chi connectivity index (χ0) is 22.1. The monoisotopic (exact) mass is 428 g/mol. The van der Waals surface area contributed by atoms with Gasteiger partial charge in [-0.05, 0) is 134 Å². The molecular weight excluding hydrogens is 376 g/mol. The molecule has 0 aromatic carbocycles. The summed E-state index contributed by atoms with van der Waals surface area (Å²) >= 11 is 0. The summed E-state index contributed by atoms with van der Waals surface area (Å²) in [5, 5.41) is 0. The van der Waals surface area contributed by atoms with Crippen molar-refractivity contribution in [3.8, 4) is 0 Å². The molecule has 0 aromatic heterocycles. The van der Waals surface area contributed by atoms with Crippen molar-refractivity contribution in [2.75, 3.05) is 13.2 Å². The molecule has 5 fully saturated rings. The van der Waals surface area contributed by atoms with Crippen LogP contribution in [-0.4, -0.2) is 13.2 Å². The highest BCUT2D eigenvalue weighted by Crippen LogP contribution is 2.69. The molecular formula is C30H52O. The second-order valence-electron chi connectivity index (χ2n) is 14.9. The minimum absolute atomic E-state index is 0.465. The Morgan fingerprint density at radius 1 is 0.806 bits per heavy atom. The van der Waals surface area contributed by atoms with Gasteiger partial charge in [0.05, 0.1) is 6.61 Å². The lowest BCUT2D eigenvalue weighted by Gasteiger charge is -2.62. The van der Waals surface area contributed by atoms with Crippen LogP contribution in [0.15, 0.2) is 0 Å². The Kier molecular flexibility index (Phi) is 5.68. The van der Waals surface area contributed by atoms with Gasteiger partial charge in [0.2, 0.25) is 0 Å². The SMILES string of the molecule is C[C@H](CCC1(C)CCOC1)[C@H]1CC[C@H]2[C@@H]3CC[C@H]4CC(C)(C)CC[C@]4(C)[C@H]3CC[C@]12C. The maximum absolute atomic E-state index is 5.75. The minimum atomic E-state index is 0.465. The van der Waals surface area contributed by atoms with Crippen LogP contribution in [0.1, 0.15) is 119 Å². The van der Waals surface area contributed by atoms with Gasteiger partial charge < -0.3 is 4.74 Å². The third-order valence-electron chi connectivity index (χ3n) is 12.5. The number of fused-ring (bicyclic) bond motifs is 5. The van der Waals surface area contributed by atoms with Crippen molar-refractivity contribution in [3.05, 3.63) is 0 Å². The van der Waals surface area contributed by atoms with E-state index >= 15 is 0 Å². The number of hydrogen-bond donors (Lipinski definition) is 0. The molecule has 1 nitrogen and oxygen atoms in total. The van der Waals surface area contributed by atoms with Crippen LogP contribution in [-0.2, 0) is 4.74 Å². The van der Waals surface area contributed by atoms with Gasteiger partial charge in [0.1, 0.15) is 0 Å². The van der Waals surface area contributed by atoms with E-state index in [9.17, 15) is 0 Å². The molecule has 1 aliphatic heterocycles. The summed E-state index contributed by atoms with van der Waals surface area (Å²) in [6.07, 6.45) is 17.8. The van der Waals surface area contributed by atoms with Crippen LogP contribution in [0, 0.1) is 57.2 Å². The Morgan fingerprint density at radius 3 is 2.32 bits per heavy atom. The van der Waals surface area contributed by atoms with E-state index in [0.29, 0.717) is 21.7 Å². The van der Waals surface area contributed by atoms with Crippen LogP contribution >= 0.6 is 0 Å². The lowest BCUT2D eigenvalue weighted by Crippen LogP contribution is -2.54. The average molecular weight is 429 g/mol. The van der Waals surface area contributed by atoms with Crippen molar-refractivity contribution in [1.82, 2.24) is 0 Å². The molecule has 1 heterocycles. The molecule has 0 radical (unpaired) electrons. The van der Waals surface area contributed by atoms with Crippen molar-refractivity contribution in [1.29, 1.82) is 0 Å². The fourth-order valence-corrected chi connectivity index (χ4v) is 10.3. The summed E-state index contributed by atoms with van der Waals surface area (Å²) in [7, 11) is 0. The molecule has 1 unspecified atom stereocenters. The number of ether oxygens (including phenoxy) is 1. The Bertz CT molecular complexity index is 659. The lowest BCUT2D eigenvalue weighted by atomic mass is 9.43. The van der Waals surface area contributed by atoms with E-state index in [4.69, 9.17) is 4.74 Å². The summed E-state index contributed by atoms with van der Waals surface area (Å²) < 4.78 is 5.75. The molecule has 31 heavy (non-hydrogen) atoms. The van der Waals surface area contributed by atoms with Crippen LogP contribution in [0.3, 0.4) is 0 Å². The highest BCUT2D eigenvalue weighted by Gasteiger charge is 2.61. The second kappa shape index (κ2) is 7.74. The first-order valence-corrected chi connectivity index (χ1v) is 14.1. The van der Waals surface area contributed by atoms with Gasteiger partial charge in [-0.2, -0.15) is 0 Å². The van der Waals surface area contributed by atoms with Gasteiger partial charge in [-0.3, -0.25) is 0 Å². The van der Waals surface area contributed by atoms with E-state index in [1.165, 1.54) is 57.8 Å². The van der Waals surface area contributed by atoms with Gasteiger partial charge in [0.25, 0.3) is 0 Å². The first-order chi connectivity index (χ1) is 14.6. The molecule has 0 amide bonds. The third kappa shape index (κ3) is 3.76. The van der Waals surface area contributed by atoms with Crippen molar-refractivity contribution in [2.45, 2.75) is 119 Å². The second-order valence-corrected chi connectivity index (χ2v) is 14.9. The lowest BCUT2D eigenvalue weighted by molar-refractivity contribution is -0.129. The first-order valence-electron chi connectivity index (χ1n) is 14.1. The van der Waals surface area contributed by atoms with Gasteiger partial charge in [0, 0.05) is 6.61 Å². The van der Waals surface area contributed by atoms with Crippen LogP contribution < -0.4 is 0 Å². The van der Waals surface area contributed by atoms with Crippen LogP contribution in [0.25, 0.3) is 0 Å². The van der Waals surface area contributed by atoms with Crippen molar-refractivity contribution < 1.29 is 4.74 Å². The average Bonchev–Trinajstić information content (AvgIpc) is 3.30. The van der Waals surface area contributed by atoms with Gasteiger partial charge in [-0.1, -0.05) is 41.5 Å². The van der Waals surface area contributed by atoms with E-state index in [1.54, 1.807) is 19.3 Å². The van der Waals surface area contributed by atoms with E-state index in [-0.39, 0.29) is 0 Å². The predicted octanol–water partition coefficient (Wildman–Crippen LogP) is 8.51. The molecule has 1 saturated heterocycles. The quantitative estimate of drug-likeness (QED) is 0.436. The van der Waals surface area contributed by atoms with Crippen LogP contribution in [0.5, 0.6) is 0 Å². The van der Waals surface area contributed by atoms with Gasteiger partial charge >= 0.3 is 0 Å². The minimum Gasteiger partial charge on any atom is -0.381 e. The predicted molar refractivity (Wildman–Crippen MR) is 131 cm³/mol. The fraction of sp³-hybridized carbons (Fsp3) is 1.00. The maximum Gasteiger partial charge on any atom is 0.0520 e. The van der Waals surface area contributed by atoms with Crippen molar-refractivity contribution in [3.63, 3.8) is 0 Å². The standard InChI is InChI=1S/C30H52O/c1-21(11-13-28(4)17-18-31-20-28)24-9-10-25-23-8-7-22-19-27(2,3)15-16-29(22,5)26(23)12-14-30(24,25)6/h21-26H,7-20H2,1-6H3/t21-,22+,23+,24-,25+,26+,28?,29+,30-/m1/s1. The summed E-state index contributed by atoms with van der Waals surface area (Å²) in [6.45, 7) is 17.7. The third-order valence-corrected chi connectivity index (χ3v) is 12.5. The summed E-state index contributed by atoms with van der Waals surface area (Å²) in [4.78, 5) is 0. The number of hydrogen-bond acceptors (Lipinski definition) is 1. The van der Waals surface area contributed by atoms with Crippen molar-refractivity contribution in [2.24, 2.45) is 57.2 Å². The smallest absolute Gasteiger partial charge is 0.0520 e. The molecule has 4 aliphatic carbocycles. The zero-order valence-corrected chi connectivity index (χ0v) is 21.8. The van der Waals surface area contributed by atoms with E-state index in [2.05, 4.69) is 41.5 Å². The van der Waals surface area contributed by atoms with E-state index < -0.39 is 0 Å². The summed E-state index contributed by atoms with van der Waals surface area (Å²) in [5.41, 5.74) is 2.34. The summed E-state index contributed by atoms with van der Waals surface area (Å²) in [5.74, 6) is 5.97.